The van der Waals surface area contributed by atoms with Crippen LogP contribution in [0.5, 0.6) is 5.88 Å². The molecule has 19 heavy (non-hydrogen) atoms. The van der Waals surface area contributed by atoms with E-state index in [2.05, 4.69) is 15.3 Å². The fraction of sp³-hybridized carbons (Fsp3) is 0.429. The third-order valence-corrected chi connectivity index (χ3v) is 2.66. The molecule has 0 fully saturated rings. The lowest BCUT2D eigenvalue weighted by molar-refractivity contribution is 0.326. The Kier molecular flexibility index (Phi) is 4.04. The van der Waals surface area contributed by atoms with E-state index in [4.69, 9.17) is 9.15 Å². The van der Waals surface area contributed by atoms with Crippen molar-refractivity contribution in [1.29, 1.82) is 0 Å². The molecule has 2 aromatic rings. The molecule has 0 aliphatic heterocycles. The molecule has 1 atom stereocenters. The molecule has 102 valence electrons. The smallest absolute Gasteiger partial charge is 0.226 e. The Morgan fingerprint density at radius 3 is 2.74 bits per heavy atom. The van der Waals surface area contributed by atoms with Crippen molar-refractivity contribution in [3.05, 3.63) is 35.4 Å². The van der Waals surface area contributed by atoms with Gasteiger partial charge in [-0.2, -0.15) is 4.98 Å². The highest BCUT2D eigenvalue weighted by molar-refractivity contribution is 5.33. The number of furan rings is 1. The summed E-state index contributed by atoms with van der Waals surface area (Å²) < 4.78 is 11.0. The average Bonchev–Trinajstić information content (AvgIpc) is 2.75. The summed E-state index contributed by atoms with van der Waals surface area (Å²) in [7, 11) is 0. The van der Waals surface area contributed by atoms with Gasteiger partial charge in [-0.1, -0.05) is 0 Å². The summed E-state index contributed by atoms with van der Waals surface area (Å²) in [6.07, 6.45) is 0. The molecule has 1 N–H and O–H groups in total. The van der Waals surface area contributed by atoms with Gasteiger partial charge >= 0.3 is 0 Å². The number of ether oxygens (including phenoxy) is 1. The highest BCUT2D eigenvalue weighted by Crippen LogP contribution is 2.20. The van der Waals surface area contributed by atoms with Gasteiger partial charge in [0.2, 0.25) is 11.8 Å². The third kappa shape index (κ3) is 3.47. The minimum Gasteiger partial charge on any atom is -0.478 e. The molecule has 1 unspecified atom stereocenters. The van der Waals surface area contributed by atoms with Gasteiger partial charge in [-0.3, -0.25) is 0 Å². The highest BCUT2D eigenvalue weighted by Gasteiger charge is 2.11. The SMILES string of the molecule is CCOc1cc(C)nc(NC(C)c2ccc(C)o2)n1. The van der Waals surface area contributed by atoms with E-state index in [0.717, 1.165) is 17.2 Å². The predicted molar refractivity (Wildman–Crippen MR) is 73.4 cm³/mol. The van der Waals surface area contributed by atoms with Gasteiger partial charge in [-0.25, -0.2) is 4.98 Å². The van der Waals surface area contributed by atoms with Crippen molar-refractivity contribution in [3.63, 3.8) is 0 Å². The first kappa shape index (κ1) is 13.4. The maximum absolute atomic E-state index is 5.58. The van der Waals surface area contributed by atoms with Crippen LogP contribution in [0.3, 0.4) is 0 Å². The summed E-state index contributed by atoms with van der Waals surface area (Å²) in [5.41, 5.74) is 0.865. The highest BCUT2D eigenvalue weighted by atomic mass is 16.5. The van der Waals surface area contributed by atoms with Crippen LogP contribution in [-0.4, -0.2) is 16.6 Å². The molecule has 2 heterocycles. The summed E-state index contributed by atoms with van der Waals surface area (Å²) in [5.74, 6) is 2.88. The van der Waals surface area contributed by atoms with Crippen LogP contribution < -0.4 is 10.1 Å². The van der Waals surface area contributed by atoms with Gasteiger partial charge in [0.1, 0.15) is 11.5 Å². The zero-order valence-corrected chi connectivity index (χ0v) is 11.7. The molecule has 5 nitrogen and oxygen atoms in total. The first-order valence-corrected chi connectivity index (χ1v) is 6.40. The van der Waals surface area contributed by atoms with Crippen LogP contribution in [0.2, 0.25) is 0 Å². The Morgan fingerprint density at radius 2 is 2.11 bits per heavy atom. The van der Waals surface area contributed by atoms with Crippen LogP contribution in [0.1, 0.15) is 37.1 Å². The molecule has 2 rings (SSSR count). The number of rotatable bonds is 5. The van der Waals surface area contributed by atoms with E-state index < -0.39 is 0 Å². The molecule has 0 saturated carbocycles. The van der Waals surface area contributed by atoms with Gasteiger partial charge in [0.15, 0.2) is 0 Å². The number of hydrogen-bond acceptors (Lipinski definition) is 5. The van der Waals surface area contributed by atoms with Crippen molar-refractivity contribution >= 4 is 5.95 Å². The first-order valence-electron chi connectivity index (χ1n) is 6.40. The lowest BCUT2D eigenvalue weighted by Crippen LogP contribution is -2.10. The molecule has 0 saturated heterocycles. The quantitative estimate of drug-likeness (QED) is 0.895. The van der Waals surface area contributed by atoms with Crippen molar-refractivity contribution in [2.45, 2.75) is 33.7 Å². The lowest BCUT2D eigenvalue weighted by atomic mass is 10.2. The third-order valence-electron chi connectivity index (χ3n) is 2.66. The monoisotopic (exact) mass is 261 g/mol. The Labute approximate surface area is 113 Å². The summed E-state index contributed by atoms with van der Waals surface area (Å²) in [5, 5.41) is 3.22. The van der Waals surface area contributed by atoms with E-state index in [-0.39, 0.29) is 6.04 Å². The van der Waals surface area contributed by atoms with Gasteiger partial charge in [0.05, 0.1) is 12.6 Å². The Hall–Kier alpha value is -2.04. The van der Waals surface area contributed by atoms with Crippen LogP contribution in [-0.2, 0) is 0 Å². The zero-order chi connectivity index (χ0) is 13.8. The molecule has 0 aliphatic carbocycles. The first-order chi connectivity index (χ1) is 9.08. The fourth-order valence-electron chi connectivity index (χ4n) is 1.78. The number of anilines is 1. The van der Waals surface area contributed by atoms with Gasteiger partial charge in [-0.05, 0) is 39.8 Å². The zero-order valence-electron chi connectivity index (χ0n) is 11.7. The molecule has 0 spiro atoms. The van der Waals surface area contributed by atoms with E-state index in [0.29, 0.717) is 18.4 Å². The van der Waals surface area contributed by atoms with Crippen LogP contribution >= 0.6 is 0 Å². The second-order valence-electron chi connectivity index (χ2n) is 4.42. The van der Waals surface area contributed by atoms with Crippen LogP contribution in [0.15, 0.2) is 22.6 Å². The van der Waals surface area contributed by atoms with E-state index in [1.165, 1.54) is 0 Å². The van der Waals surface area contributed by atoms with E-state index in [1.54, 1.807) is 0 Å². The summed E-state index contributed by atoms with van der Waals surface area (Å²) in [6, 6.07) is 5.71. The van der Waals surface area contributed by atoms with Crippen LogP contribution in [0, 0.1) is 13.8 Å². The number of aromatic nitrogens is 2. The summed E-state index contributed by atoms with van der Waals surface area (Å²) in [4.78, 5) is 8.65. The molecule has 2 aromatic heterocycles. The van der Waals surface area contributed by atoms with Crippen LogP contribution in [0.25, 0.3) is 0 Å². The largest absolute Gasteiger partial charge is 0.478 e. The molecule has 0 aromatic carbocycles. The standard InChI is InChI=1S/C14H19N3O2/c1-5-18-13-8-9(2)15-14(17-13)16-11(4)12-7-6-10(3)19-12/h6-8,11H,5H2,1-4H3,(H,15,16,17). The topological polar surface area (TPSA) is 60.2 Å². The molecular weight excluding hydrogens is 242 g/mol. The second-order valence-corrected chi connectivity index (χ2v) is 4.42. The molecule has 0 aliphatic rings. The molecular formula is C14H19N3O2. The maximum Gasteiger partial charge on any atom is 0.226 e. The van der Waals surface area contributed by atoms with Crippen molar-refractivity contribution in [3.8, 4) is 5.88 Å². The van der Waals surface area contributed by atoms with E-state index in [1.807, 2.05) is 45.9 Å². The molecule has 5 heteroatoms. The number of nitrogens with one attached hydrogen (secondary N) is 1. The second kappa shape index (κ2) is 5.73. The van der Waals surface area contributed by atoms with Gasteiger partial charge < -0.3 is 14.5 Å². The summed E-state index contributed by atoms with van der Waals surface area (Å²) in [6.45, 7) is 8.36. The Balaban J connectivity index is 2.14. The fourth-order valence-corrected chi connectivity index (χ4v) is 1.78. The van der Waals surface area contributed by atoms with Gasteiger partial charge in [0, 0.05) is 11.8 Å². The van der Waals surface area contributed by atoms with Gasteiger partial charge in [-0.15, -0.1) is 0 Å². The number of hydrogen-bond donors (Lipinski definition) is 1. The molecule has 0 bridgehead atoms. The maximum atomic E-state index is 5.58. The Morgan fingerprint density at radius 1 is 1.32 bits per heavy atom. The lowest BCUT2D eigenvalue weighted by Gasteiger charge is -2.12. The van der Waals surface area contributed by atoms with Gasteiger partial charge in [0.25, 0.3) is 0 Å². The average molecular weight is 261 g/mol. The van der Waals surface area contributed by atoms with Crippen molar-refractivity contribution in [2.75, 3.05) is 11.9 Å². The number of nitrogens with zero attached hydrogens (tertiary/aromatic N) is 2. The van der Waals surface area contributed by atoms with Crippen molar-refractivity contribution in [2.24, 2.45) is 0 Å². The molecule has 0 amide bonds. The van der Waals surface area contributed by atoms with Crippen molar-refractivity contribution < 1.29 is 9.15 Å². The van der Waals surface area contributed by atoms with Crippen LogP contribution in [0.4, 0.5) is 5.95 Å². The Bertz CT molecular complexity index is 551. The number of aryl methyl sites for hydroxylation is 2. The summed E-state index contributed by atoms with van der Waals surface area (Å²) >= 11 is 0. The minimum absolute atomic E-state index is 0.00461. The predicted octanol–water partition coefficient (Wildman–Crippen LogP) is 3.26. The minimum atomic E-state index is 0.00461. The van der Waals surface area contributed by atoms with E-state index >= 15 is 0 Å². The van der Waals surface area contributed by atoms with E-state index in [9.17, 15) is 0 Å². The van der Waals surface area contributed by atoms with Crippen molar-refractivity contribution in [1.82, 2.24) is 9.97 Å². The normalized spacial score (nSPS) is 12.2. The molecule has 0 radical (unpaired) electrons.